The van der Waals surface area contributed by atoms with Crippen molar-refractivity contribution in [1.29, 1.82) is 0 Å². The van der Waals surface area contributed by atoms with Gasteiger partial charge >= 0.3 is 5.97 Å². The number of nitrogen functional groups attached to an aromatic ring is 1. The van der Waals surface area contributed by atoms with Crippen molar-refractivity contribution in [3.8, 4) is 5.69 Å². The normalized spacial score (nSPS) is 10.5. The van der Waals surface area contributed by atoms with E-state index in [1.165, 1.54) is 4.68 Å². The summed E-state index contributed by atoms with van der Waals surface area (Å²) >= 11 is 0. The zero-order valence-corrected chi connectivity index (χ0v) is 12.5. The van der Waals surface area contributed by atoms with Crippen molar-refractivity contribution >= 4 is 11.7 Å². The van der Waals surface area contributed by atoms with Crippen molar-refractivity contribution in [2.24, 2.45) is 0 Å². The van der Waals surface area contributed by atoms with Gasteiger partial charge in [-0.05, 0) is 41.1 Å². The first-order valence-corrected chi connectivity index (χ1v) is 7.01. The first-order chi connectivity index (χ1) is 11.2. The molecule has 3 aromatic rings. The van der Waals surface area contributed by atoms with Crippen LogP contribution in [0, 0.1) is 6.92 Å². The minimum Gasteiger partial charge on any atom is -0.454 e. The van der Waals surface area contributed by atoms with Crippen LogP contribution in [0.25, 0.3) is 5.69 Å². The van der Waals surface area contributed by atoms with Crippen molar-refractivity contribution in [3.63, 3.8) is 0 Å². The Hall–Kier alpha value is -3.22. The van der Waals surface area contributed by atoms with Crippen LogP contribution >= 0.6 is 0 Å². The molecule has 0 aliphatic carbocycles. The van der Waals surface area contributed by atoms with Crippen molar-refractivity contribution in [2.75, 3.05) is 5.73 Å². The van der Waals surface area contributed by atoms with Gasteiger partial charge in [-0.1, -0.05) is 30.3 Å². The zero-order chi connectivity index (χ0) is 16.2. The van der Waals surface area contributed by atoms with Crippen LogP contribution in [-0.2, 0) is 11.3 Å². The largest absolute Gasteiger partial charge is 0.454 e. The van der Waals surface area contributed by atoms with Gasteiger partial charge in [-0.25, -0.2) is 4.79 Å². The highest BCUT2D eigenvalue weighted by Crippen LogP contribution is 2.18. The fourth-order valence-electron chi connectivity index (χ4n) is 2.13. The maximum Gasteiger partial charge on any atom is 0.340 e. The van der Waals surface area contributed by atoms with Crippen LogP contribution in [0.4, 0.5) is 5.69 Å². The molecular weight excluding hydrogens is 294 g/mol. The monoisotopic (exact) mass is 309 g/mol. The number of nitrogens with zero attached hydrogens (tertiary/aromatic N) is 4. The van der Waals surface area contributed by atoms with Gasteiger partial charge in [0.1, 0.15) is 0 Å². The number of hydrogen-bond acceptors (Lipinski definition) is 6. The summed E-state index contributed by atoms with van der Waals surface area (Å²) in [5.41, 5.74) is 8.28. The number of benzene rings is 2. The van der Waals surface area contributed by atoms with E-state index in [0.29, 0.717) is 17.1 Å². The molecule has 0 radical (unpaired) electrons. The van der Waals surface area contributed by atoms with E-state index in [-0.39, 0.29) is 6.61 Å². The van der Waals surface area contributed by atoms with E-state index in [0.717, 1.165) is 11.3 Å². The second kappa shape index (κ2) is 6.27. The number of carbonyl (C=O) groups excluding carboxylic acids is 1. The number of nitrogens with two attached hydrogens (primary N) is 1. The minimum atomic E-state index is -0.506. The first-order valence-electron chi connectivity index (χ1n) is 7.01. The molecule has 0 spiro atoms. The SMILES string of the molecule is Cc1cccc(C(=O)OCc2nnnn2-c2ccccc2)c1N. The number of ether oxygens (including phenoxy) is 1. The number of aromatic nitrogens is 4. The highest BCUT2D eigenvalue weighted by Gasteiger charge is 2.15. The lowest BCUT2D eigenvalue weighted by molar-refractivity contribution is 0.0460. The number of anilines is 1. The number of para-hydroxylation sites is 2. The summed E-state index contributed by atoms with van der Waals surface area (Å²) < 4.78 is 6.81. The van der Waals surface area contributed by atoms with E-state index in [9.17, 15) is 4.79 Å². The lowest BCUT2D eigenvalue weighted by Gasteiger charge is -2.08. The van der Waals surface area contributed by atoms with Gasteiger partial charge in [0, 0.05) is 5.69 Å². The van der Waals surface area contributed by atoms with Gasteiger partial charge in [0.2, 0.25) is 0 Å². The molecule has 2 aromatic carbocycles. The molecule has 2 N–H and O–H groups in total. The van der Waals surface area contributed by atoms with Crippen LogP contribution in [0.5, 0.6) is 0 Å². The molecule has 7 heteroatoms. The number of rotatable bonds is 4. The first kappa shape index (κ1) is 14.7. The van der Waals surface area contributed by atoms with Crippen LogP contribution in [0.2, 0.25) is 0 Å². The summed E-state index contributed by atoms with van der Waals surface area (Å²) in [6, 6.07) is 14.6. The van der Waals surface area contributed by atoms with Crippen molar-refractivity contribution < 1.29 is 9.53 Å². The fourth-order valence-corrected chi connectivity index (χ4v) is 2.13. The van der Waals surface area contributed by atoms with Crippen molar-refractivity contribution in [3.05, 3.63) is 65.5 Å². The molecule has 0 unspecified atom stereocenters. The highest BCUT2D eigenvalue weighted by molar-refractivity contribution is 5.95. The highest BCUT2D eigenvalue weighted by atomic mass is 16.5. The van der Waals surface area contributed by atoms with E-state index in [1.54, 1.807) is 12.1 Å². The quantitative estimate of drug-likeness (QED) is 0.584. The van der Waals surface area contributed by atoms with E-state index in [1.807, 2.05) is 43.3 Å². The van der Waals surface area contributed by atoms with Crippen LogP contribution in [0.1, 0.15) is 21.7 Å². The van der Waals surface area contributed by atoms with Gasteiger partial charge in [-0.2, -0.15) is 4.68 Å². The van der Waals surface area contributed by atoms with Crippen molar-refractivity contribution in [2.45, 2.75) is 13.5 Å². The topological polar surface area (TPSA) is 95.9 Å². The van der Waals surface area contributed by atoms with Crippen LogP contribution in [0.3, 0.4) is 0 Å². The molecule has 7 nitrogen and oxygen atoms in total. The summed E-state index contributed by atoms with van der Waals surface area (Å²) in [7, 11) is 0. The van der Waals surface area contributed by atoms with Crippen LogP contribution in [-0.4, -0.2) is 26.2 Å². The molecule has 23 heavy (non-hydrogen) atoms. The van der Waals surface area contributed by atoms with Gasteiger partial charge in [-0.3, -0.25) is 0 Å². The molecule has 1 aromatic heterocycles. The molecule has 0 saturated heterocycles. The number of hydrogen-bond donors (Lipinski definition) is 1. The van der Waals surface area contributed by atoms with E-state index < -0.39 is 5.97 Å². The molecule has 0 aliphatic rings. The third-order valence-electron chi connectivity index (χ3n) is 3.41. The lowest BCUT2D eigenvalue weighted by atomic mass is 10.1. The summed E-state index contributed by atoms with van der Waals surface area (Å²) in [5, 5.41) is 11.4. The predicted molar refractivity (Wildman–Crippen MR) is 83.9 cm³/mol. The molecule has 0 atom stereocenters. The van der Waals surface area contributed by atoms with E-state index in [2.05, 4.69) is 15.5 Å². The third kappa shape index (κ3) is 3.03. The summed E-state index contributed by atoms with van der Waals surface area (Å²) in [6.45, 7) is 1.79. The van der Waals surface area contributed by atoms with Crippen LogP contribution < -0.4 is 5.73 Å². The number of esters is 1. The molecule has 116 valence electrons. The molecule has 0 aliphatic heterocycles. The number of carbonyl (C=O) groups is 1. The standard InChI is InChI=1S/C16H15N5O2/c1-11-6-5-9-13(15(11)17)16(22)23-10-14-18-19-20-21(14)12-7-3-2-4-8-12/h2-9H,10,17H2,1H3. The zero-order valence-electron chi connectivity index (χ0n) is 12.5. The molecule has 0 amide bonds. The number of tetrazole rings is 1. The Bertz CT molecular complexity index is 829. The lowest BCUT2D eigenvalue weighted by Crippen LogP contribution is -2.12. The Kier molecular flexibility index (Phi) is 4.01. The average Bonchev–Trinajstić information content (AvgIpc) is 3.04. The van der Waals surface area contributed by atoms with E-state index in [4.69, 9.17) is 10.5 Å². The van der Waals surface area contributed by atoms with E-state index >= 15 is 0 Å². The summed E-state index contributed by atoms with van der Waals surface area (Å²) in [5.74, 6) is -0.0791. The second-order valence-electron chi connectivity index (χ2n) is 4.95. The Balaban J connectivity index is 1.76. The average molecular weight is 309 g/mol. The van der Waals surface area contributed by atoms with Gasteiger partial charge in [0.15, 0.2) is 12.4 Å². The molecule has 1 heterocycles. The Morgan fingerprint density at radius 2 is 1.96 bits per heavy atom. The molecule has 0 fully saturated rings. The van der Waals surface area contributed by atoms with Gasteiger partial charge in [-0.15, -0.1) is 5.10 Å². The van der Waals surface area contributed by atoms with Crippen LogP contribution in [0.15, 0.2) is 48.5 Å². The van der Waals surface area contributed by atoms with Gasteiger partial charge in [0.05, 0.1) is 11.3 Å². The Morgan fingerprint density at radius 3 is 2.74 bits per heavy atom. The predicted octanol–water partition coefficient (Wildman–Crippen LogP) is 1.91. The maximum atomic E-state index is 12.2. The fraction of sp³-hybridized carbons (Fsp3) is 0.125. The smallest absolute Gasteiger partial charge is 0.340 e. The molecule has 0 saturated carbocycles. The molecule has 3 rings (SSSR count). The maximum absolute atomic E-state index is 12.2. The van der Waals surface area contributed by atoms with Gasteiger partial charge < -0.3 is 10.5 Å². The Labute approximate surface area is 132 Å². The third-order valence-corrected chi connectivity index (χ3v) is 3.41. The molecule has 0 bridgehead atoms. The van der Waals surface area contributed by atoms with Crippen molar-refractivity contribution in [1.82, 2.24) is 20.2 Å². The summed E-state index contributed by atoms with van der Waals surface area (Å²) in [6.07, 6.45) is 0. The van der Waals surface area contributed by atoms with Gasteiger partial charge in [0.25, 0.3) is 0 Å². The summed E-state index contributed by atoms with van der Waals surface area (Å²) in [4.78, 5) is 12.2. The minimum absolute atomic E-state index is 0.0475. The number of aryl methyl sites for hydroxylation is 1. The Morgan fingerprint density at radius 1 is 1.17 bits per heavy atom. The second-order valence-corrected chi connectivity index (χ2v) is 4.95. The molecular formula is C16H15N5O2.